The summed E-state index contributed by atoms with van der Waals surface area (Å²) in [5.74, 6) is -0.775. The van der Waals surface area contributed by atoms with E-state index in [-0.39, 0.29) is 11.1 Å². The third kappa shape index (κ3) is 7.95. The van der Waals surface area contributed by atoms with Crippen molar-refractivity contribution in [2.24, 2.45) is 5.92 Å². The molecule has 1 unspecified atom stereocenters. The molecule has 4 heteroatoms. The number of hydrogen-bond donors (Lipinski definition) is 1. The van der Waals surface area contributed by atoms with Gasteiger partial charge in [0.15, 0.2) is 0 Å². The summed E-state index contributed by atoms with van der Waals surface area (Å²) in [6, 6.07) is 3.86. The molecule has 1 saturated carbocycles. The Labute approximate surface area is 212 Å². The van der Waals surface area contributed by atoms with Gasteiger partial charge < -0.3 is 9.84 Å². The molecule has 1 aromatic rings. The lowest BCUT2D eigenvalue weighted by molar-refractivity contribution is 0.0486. The third-order valence-electron chi connectivity index (χ3n) is 7.84. The van der Waals surface area contributed by atoms with Gasteiger partial charge in [-0.3, -0.25) is 0 Å². The Kier molecular flexibility index (Phi) is 11.4. The van der Waals surface area contributed by atoms with Crippen LogP contribution in [0.5, 0.6) is 0 Å². The molecular formula is C31H46O4. The zero-order valence-corrected chi connectivity index (χ0v) is 22.1. The van der Waals surface area contributed by atoms with Gasteiger partial charge in [0.2, 0.25) is 0 Å². The molecule has 2 aliphatic rings. The van der Waals surface area contributed by atoms with Gasteiger partial charge in [0.25, 0.3) is 0 Å². The van der Waals surface area contributed by atoms with Crippen LogP contribution in [0, 0.1) is 5.92 Å². The summed E-state index contributed by atoms with van der Waals surface area (Å²) in [4.78, 5) is 25.5. The maximum Gasteiger partial charge on any atom is 0.339 e. The summed E-state index contributed by atoms with van der Waals surface area (Å²) in [7, 11) is 0. The number of unbranched alkanes of at least 4 members (excludes halogenated alkanes) is 10. The molecule has 0 amide bonds. The Morgan fingerprint density at radius 3 is 2.14 bits per heavy atom. The second-order valence-corrected chi connectivity index (χ2v) is 10.7. The van der Waals surface area contributed by atoms with Crippen LogP contribution in [0.4, 0.5) is 0 Å². The van der Waals surface area contributed by atoms with Gasteiger partial charge in [0.1, 0.15) is 0 Å². The highest BCUT2D eigenvalue weighted by atomic mass is 16.5. The van der Waals surface area contributed by atoms with E-state index in [0.29, 0.717) is 6.61 Å². The molecule has 0 spiro atoms. The number of carboxylic acid groups (broad SMARTS) is 1. The monoisotopic (exact) mass is 482 g/mol. The van der Waals surface area contributed by atoms with Crippen molar-refractivity contribution in [3.05, 3.63) is 40.0 Å². The second-order valence-electron chi connectivity index (χ2n) is 10.7. The highest BCUT2D eigenvalue weighted by Gasteiger charge is 2.32. The first-order valence-corrected chi connectivity index (χ1v) is 14.3. The van der Waals surface area contributed by atoms with Crippen LogP contribution in [0.15, 0.2) is 17.7 Å². The fourth-order valence-electron chi connectivity index (χ4n) is 5.83. The van der Waals surface area contributed by atoms with Crippen LogP contribution >= 0.6 is 0 Å². The minimum Gasteiger partial charge on any atom is -0.478 e. The van der Waals surface area contributed by atoms with E-state index >= 15 is 0 Å². The molecule has 0 aromatic heterocycles. The predicted octanol–water partition coefficient (Wildman–Crippen LogP) is 8.76. The number of esters is 1. The predicted molar refractivity (Wildman–Crippen MR) is 143 cm³/mol. The average Bonchev–Trinajstić information content (AvgIpc) is 3.49. The van der Waals surface area contributed by atoms with Gasteiger partial charge in [0.05, 0.1) is 17.7 Å². The van der Waals surface area contributed by atoms with Gasteiger partial charge in [0, 0.05) is 0 Å². The standard InChI is InChI=1S/C31H46O4/c1-3-5-7-9-11-13-15-25-21-26(27-20-23-16-17-24(27)19-23)22-28(30(32)33)29(25)31(34)35-18-14-12-10-8-6-4-2/h21-23H,3-20H2,1-2H3,(H,32,33). The van der Waals surface area contributed by atoms with Gasteiger partial charge in [-0.15, -0.1) is 0 Å². The number of carbonyl (C=O) groups is 2. The summed E-state index contributed by atoms with van der Waals surface area (Å²) in [6.07, 6.45) is 19.0. The van der Waals surface area contributed by atoms with E-state index in [1.165, 1.54) is 62.5 Å². The number of hydrogen-bond acceptors (Lipinski definition) is 3. The number of fused-ring (bicyclic) bond motifs is 2. The lowest BCUT2D eigenvalue weighted by atomic mass is 9.87. The first-order valence-electron chi connectivity index (χ1n) is 14.3. The van der Waals surface area contributed by atoms with E-state index in [9.17, 15) is 14.7 Å². The van der Waals surface area contributed by atoms with E-state index in [1.807, 2.05) is 0 Å². The van der Waals surface area contributed by atoms with Crippen LogP contribution in [0.25, 0.3) is 5.57 Å². The van der Waals surface area contributed by atoms with Gasteiger partial charge in [-0.1, -0.05) is 89.7 Å². The van der Waals surface area contributed by atoms with Crippen molar-refractivity contribution in [3.63, 3.8) is 0 Å². The Hall–Kier alpha value is -2.10. The van der Waals surface area contributed by atoms with E-state index in [1.54, 1.807) is 6.07 Å². The van der Waals surface area contributed by atoms with Crippen molar-refractivity contribution in [2.75, 3.05) is 6.61 Å². The van der Waals surface area contributed by atoms with Gasteiger partial charge >= 0.3 is 11.9 Å². The molecule has 0 aliphatic heterocycles. The number of aryl methyl sites for hydroxylation is 1. The normalized spacial score (nSPS) is 16.8. The van der Waals surface area contributed by atoms with Crippen LogP contribution in [0.2, 0.25) is 0 Å². The fourth-order valence-corrected chi connectivity index (χ4v) is 5.83. The molecule has 4 nitrogen and oxygen atoms in total. The number of aromatic carboxylic acids is 1. The molecule has 0 heterocycles. The number of carbonyl (C=O) groups excluding carboxylic acids is 1. The third-order valence-corrected chi connectivity index (χ3v) is 7.84. The first-order chi connectivity index (χ1) is 17.0. The van der Waals surface area contributed by atoms with Gasteiger partial charge in [-0.2, -0.15) is 0 Å². The first kappa shape index (κ1) is 27.5. The fraction of sp³-hybridized carbons (Fsp3) is 0.677. The maximum atomic E-state index is 13.2. The summed E-state index contributed by atoms with van der Waals surface area (Å²) in [5.41, 5.74) is 5.12. The Morgan fingerprint density at radius 2 is 1.54 bits per heavy atom. The van der Waals surface area contributed by atoms with Crippen molar-refractivity contribution in [2.45, 2.75) is 123 Å². The zero-order chi connectivity index (χ0) is 25.0. The molecule has 1 atom stereocenters. The summed E-state index contributed by atoms with van der Waals surface area (Å²) < 4.78 is 5.63. The smallest absolute Gasteiger partial charge is 0.339 e. The van der Waals surface area contributed by atoms with E-state index in [2.05, 4.69) is 19.9 Å². The molecule has 2 aliphatic carbocycles. The molecule has 0 saturated heterocycles. The van der Waals surface area contributed by atoms with Crippen LogP contribution in [0.1, 0.15) is 148 Å². The summed E-state index contributed by atoms with van der Waals surface area (Å²) in [6.45, 7) is 4.77. The molecule has 0 radical (unpaired) electrons. The topological polar surface area (TPSA) is 63.6 Å². The van der Waals surface area contributed by atoms with Crippen LogP contribution in [0.3, 0.4) is 0 Å². The van der Waals surface area contributed by atoms with Crippen molar-refractivity contribution in [1.82, 2.24) is 0 Å². The Balaban J connectivity index is 1.75. The highest BCUT2D eigenvalue weighted by Crippen LogP contribution is 2.48. The second kappa shape index (κ2) is 14.5. The lowest BCUT2D eigenvalue weighted by Gasteiger charge is -2.18. The lowest BCUT2D eigenvalue weighted by Crippen LogP contribution is -2.16. The van der Waals surface area contributed by atoms with Gasteiger partial charge in [-0.25, -0.2) is 9.59 Å². The molecule has 35 heavy (non-hydrogen) atoms. The zero-order valence-electron chi connectivity index (χ0n) is 22.1. The summed E-state index contributed by atoms with van der Waals surface area (Å²) >= 11 is 0. The molecule has 3 rings (SSSR count). The molecule has 2 bridgehead atoms. The molecule has 1 aromatic carbocycles. The highest BCUT2D eigenvalue weighted by molar-refractivity contribution is 6.04. The Bertz CT molecular complexity index is 882. The number of allylic oxidation sites excluding steroid dienone is 2. The Morgan fingerprint density at radius 1 is 0.886 bits per heavy atom. The molecule has 1 N–H and O–H groups in total. The van der Waals surface area contributed by atoms with Crippen molar-refractivity contribution in [3.8, 4) is 0 Å². The van der Waals surface area contributed by atoms with Crippen LogP contribution in [-0.4, -0.2) is 23.7 Å². The van der Waals surface area contributed by atoms with E-state index in [0.717, 1.165) is 74.8 Å². The summed E-state index contributed by atoms with van der Waals surface area (Å²) in [5, 5.41) is 10.1. The number of ether oxygens (including phenoxy) is 1. The minimum atomic E-state index is -1.03. The molecule has 1 fully saturated rings. The van der Waals surface area contributed by atoms with Crippen LogP contribution < -0.4 is 0 Å². The molecular weight excluding hydrogens is 436 g/mol. The van der Waals surface area contributed by atoms with Gasteiger partial charge in [-0.05, 0) is 73.6 Å². The number of benzene rings is 1. The average molecular weight is 483 g/mol. The maximum absolute atomic E-state index is 13.2. The van der Waals surface area contributed by atoms with Crippen molar-refractivity contribution >= 4 is 17.5 Å². The van der Waals surface area contributed by atoms with Crippen molar-refractivity contribution in [1.29, 1.82) is 0 Å². The van der Waals surface area contributed by atoms with E-state index in [4.69, 9.17) is 4.74 Å². The minimum absolute atomic E-state index is 0.118. The largest absolute Gasteiger partial charge is 0.478 e. The SMILES string of the molecule is CCCCCCCCOC(=O)c1c(CCCCCCCC)cc(C2=C3CCC(C3)C2)cc1C(=O)O. The molecule has 194 valence electrons. The van der Waals surface area contributed by atoms with Crippen molar-refractivity contribution < 1.29 is 19.4 Å². The van der Waals surface area contributed by atoms with E-state index < -0.39 is 11.9 Å². The van der Waals surface area contributed by atoms with Crippen LogP contribution in [-0.2, 0) is 11.2 Å². The number of carboxylic acids is 1. The number of rotatable bonds is 17. The quantitative estimate of drug-likeness (QED) is 0.178.